The zero-order valence-corrected chi connectivity index (χ0v) is 15.8. The monoisotopic (exact) mass is 388 g/mol. The number of carbonyl (C=O) groups excluding carboxylic acids is 2. The van der Waals surface area contributed by atoms with E-state index < -0.39 is 12.1 Å². The molecule has 25 heavy (non-hydrogen) atoms. The molecule has 0 saturated heterocycles. The molecule has 0 bridgehead atoms. The normalized spacial score (nSPS) is 9.52. The van der Waals surface area contributed by atoms with Gasteiger partial charge in [-0.25, -0.2) is 14.6 Å². The van der Waals surface area contributed by atoms with E-state index in [0.29, 0.717) is 24.5 Å². The molecule has 0 aliphatic rings. The Hall–Kier alpha value is -2.05. The molecule has 0 N–H and O–H groups in total. The molecule has 0 fully saturated rings. The quantitative estimate of drug-likeness (QED) is 0.534. The number of halogens is 2. The summed E-state index contributed by atoms with van der Waals surface area (Å²) in [5.41, 5.74) is 0.929. The largest absolute Gasteiger partial charge is 0.445 e. The molecule has 6 nitrogen and oxygen atoms in total. The lowest BCUT2D eigenvalue weighted by Gasteiger charge is -2.19. The highest BCUT2D eigenvalue weighted by atomic mass is 35.5. The van der Waals surface area contributed by atoms with E-state index in [1.807, 2.05) is 13.8 Å². The third-order valence-electron chi connectivity index (χ3n) is 3.20. The third kappa shape index (κ3) is 6.40. The van der Waals surface area contributed by atoms with Crippen molar-refractivity contribution in [3.8, 4) is 11.5 Å². The van der Waals surface area contributed by atoms with Crippen LogP contribution < -0.4 is 0 Å². The van der Waals surface area contributed by atoms with Crippen molar-refractivity contribution >= 4 is 36.9 Å². The Kier molecular flexibility index (Phi) is 10.6. The van der Waals surface area contributed by atoms with Gasteiger partial charge in [0.2, 0.25) is 5.89 Å². The lowest BCUT2D eigenvalue weighted by Crippen LogP contribution is -2.34. The van der Waals surface area contributed by atoms with Crippen LogP contribution in [0.5, 0.6) is 0 Å². The molecule has 8 heteroatoms. The molecule has 0 aliphatic carbocycles. The first-order chi connectivity index (χ1) is 11.2. The number of esters is 1. The minimum absolute atomic E-state index is 0. The second kappa shape index (κ2) is 11.5. The number of amides is 1. The number of aromatic nitrogens is 1. The molecule has 0 saturated carbocycles. The lowest BCUT2D eigenvalue weighted by molar-refractivity contribution is 0.0541. The third-order valence-corrected chi connectivity index (χ3v) is 3.20. The van der Waals surface area contributed by atoms with Gasteiger partial charge in [-0.15, -0.1) is 24.8 Å². The Morgan fingerprint density at radius 2 is 1.84 bits per heavy atom. The van der Waals surface area contributed by atoms with Crippen LogP contribution in [-0.4, -0.2) is 35.0 Å². The summed E-state index contributed by atoms with van der Waals surface area (Å²) in [7, 11) is 0. The maximum Gasteiger partial charge on any atom is 0.417 e. The number of carbonyl (C=O) groups is 2. The SMILES string of the molecule is CCCN(CCC)C(=O)OC(=O)c1cccc(-c2ncco2)c1.Cl.Cl. The van der Waals surface area contributed by atoms with Crippen LogP contribution in [0.25, 0.3) is 11.5 Å². The lowest BCUT2D eigenvalue weighted by atomic mass is 10.1. The van der Waals surface area contributed by atoms with Crippen molar-refractivity contribution < 1.29 is 18.7 Å². The zero-order valence-electron chi connectivity index (χ0n) is 14.1. The molecule has 1 aromatic heterocycles. The fraction of sp³-hybridized carbons (Fsp3) is 0.353. The number of hydrogen-bond donors (Lipinski definition) is 0. The Morgan fingerprint density at radius 1 is 1.16 bits per heavy atom. The number of rotatable bonds is 6. The maximum atomic E-state index is 12.2. The molecule has 0 aliphatic heterocycles. The van der Waals surface area contributed by atoms with Gasteiger partial charge in [-0.2, -0.15) is 0 Å². The van der Waals surface area contributed by atoms with Gasteiger partial charge in [-0.3, -0.25) is 0 Å². The molecule has 1 aromatic carbocycles. The second-order valence-electron chi connectivity index (χ2n) is 5.06. The van der Waals surface area contributed by atoms with Gasteiger partial charge in [0.25, 0.3) is 0 Å². The van der Waals surface area contributed by atoms with Crippen LogP contribution in [0.1, 0.15) is 37.0 Å². The highest BCUT2D eigenvalue weighted by Crippen LogP contribution is 2.19. The summed E-state index contributed by atoms with van der Waals surface area (Å²) < 4.78 is 10.2. The van der Waals surface area contributed by atoms with Gasteiger partial charge < -0.3 is 14.1 Å². The van der Waals surface area contributed by atoms with E-state index in [1.54, 1.807) is 24.3 Å². The average Bonchev–Trinajstić information content (AvgIpc) is 3.09. The molecular formula is C17H22Cl2N2O4. The summed E-state index contributed by atoms with van der Waals surface area (Å²) in [5, 5.41) is 0. The second-order valence-corrected chi connectivity index (χ2v) is 5.06. The number of hydrogen-bond acceptors (Lipinski definition) is 5. The maximum absolute atomic E-state index is 12.2. The smallest absolute Gasteiger partial charge is 0.417 e. The van der Waals surface area contributed by atoms with Crippen molar-refractivity contribution in [3.63, 3.8) is 0 Å². The summed E-state index contributed by atoms with van der Waals surface area (Å²) in [6, 6.07) is 6.64. The molecular weight excluding hydrogens is 367 g/mol. The molecule has 0 atom stereocenters. The predicted molar refractivity (Wildman–Crippen MR) is 99.4 cm³/mol. The molecule has 2 aromatic rings. The van der Waals surface area contributed by atoms with Crippen molar-refractivity contribution in [1.29, 1.82) is 0 Å². The molecule has 1 heterocycles. The molecule has 1 amide bonds. The van der Waals surface area contributed by atoms with Gasteiger partial charge in [-0.05, 0) is 31.0 Å². The van der Waals surface area contributed by atoms with Crippen molar-refractivity contribution in [3.05, 3.63) is 42.3 Å². The van der Waals surface area contributed by atoms with E-state index in [4.69, 9.17) is 9.15 Å². The highest BCUT2D eigenvalue weighted by Gasteiger charge is 2.19. The Bertz CT molecular complexity index is 656. The van der Waals surface area contributed by atoms with Gasteiger partial charge in [0.05, 0.1) is 11.8 Å². The highest BCUT2D eigenvalue weighted by molar-refractivity contribution is 5.97. The first-order valence-electron chi connectivity index (χ1n) is 7.66. The van der Waals surface area contributed by atoms with Gasteiger partial charge in [0.1, 0.15) is 6.26 Å². The number of benzene rings is 1. The summed E-state index contributed by atoms with van der Waals surface area (Å²) in [5.74, 6) is -0.273. The van der Waals surface area contributed by atoms with Crippen molar-refractivity contribution in [2.75, 3.05) is 13.1 Å². The summed E-state index contributed by atoms with van der Waals surface area (Å²) >= 11 is 0. The van der Waals surface area contributed by atoms with Crippen molar-refractivity contribution in [2.24, 2.45) is 0 Å². The Morgan fingerprint density at radius 3 is 2.40 bits per heavy atom. The minimum atomic E-state index is -0.680. The van der Waals surface area contributed by atoms with E-state index >= 15 is 0 Å². The fourth-order valence-electron chi connectivity index (χ4n) is 2.18. The van der Waals surface area contributed by atoms with Crippen LogP contribution in [0, 0.1) is 0 Å². The summed E-state index contributed by atoms with van der Waals surface area (Å²) in [4.78, 5) is 29.8. The van der Waals surface area contributed by atoms with Crippen LogP contribution in [-0.2, 0) is 4.74 Å². The average molecular weight is 389 g/mol. The topological polar surface area (TPSA) is 72.6 Å². The van der Waals surface area contributed by atoms with Gasteiger partial charge >= 0.3 is 12.1 Å². The van der Waals surface area contributed by atoms with Gasteiger partial charge in [-0.1, -0.05) is 19.9 Å². The molecule has 0 unspecified atom stereocenters. The molecule has 138 valence electrons. The van der Waals surface area contributed by atoms with Crippen LogP contribution in [0.2, 0.25) is 0 Å². The minimum Gasteiger partial charge on any atom is -0.445 e. The first-order valence-corrected chi connectivity index (χ1v) is 7.66. The zero-order chi connectivity index (χ0) is 16.7. The summed E-state index contributed by atoms with van der Waals surface area (Å²) in [6.07, 6.45) is 3.99. The molecule has 2 rings (SSSR count). The van der Waals surface area contributed by atoms with Crippen LogP contribution >= 0.6 is 24.8 Å². The fourth-order valence-corrected chi connectivity index (χ4v) is 2.18. The standard InChI is InChI=1S/C17H20N2O4.2ClH/c1-3-9-19(10-4-2)17(21)23-16(20)14-7-5-6-13(12-14)15-18-8-11-22-15;;/h5-8,11-12H,3-4,9-10H2,1-2H3;2*1H. The van der Waals surface area contributed by atoms with Gasteiger partial charge in [0.15, 0.2) is 0 Å². The summed E-state index contributed by atoms with van der Waals surface area (Å²) in [6.45, 7) is 5.07. The van der Waals surface area contributed by atoms with Gasteiger partial charge in [0, 0.05) is 18.7 Å². The molecule has 0 spiro atoms. The van der Waals surface area contributed by atoms with Crippen LogP contribution in [0.15, 0.2) is 41.1 Å². The van der Waals surface area contributed by atoms with Crippen LogP contribution in [0.4, 0.5) is 4.79 Å². The Balaban J connectivity index is 0.00000288. The number of nitrogens with zero attached hydrogens (tertiary/aromatic N) is 2. The first kappa shape index (κ1) is 22.9. The van der Waals surface area contributed by atoms with E-state index in [-0.39, 0.29) is 30.4 Å². The van der Waals surface area contributed by atoms with E-state index in [0.717, 1.165) is 12.8 Å². The van der Waals surface area contributed by atoms with E-state index in [2.05, 4.69) is 4.98 Å². The van der Waals surface area contributed by atoms with E-state index in [9.17, 15) is 9.59 Å². The van der Waals surface area contributed by atoms with Crippen LogP contribution in [0.3, 0.4) is 0 Å². The number of ether oxygens (including phenoxy) is 1. The van der Waals surface area contributed by atoms with E-state index in [1.165, 1.54) is 17.4 Å². The Labute approximate surface area is 159 Å². The van der Waals surface area contributed by atoms with Crippen molar-refractivity contribution in [2.45, 2.75) is 26.7 Å². The molecule has 0 radical (unpaired) electrons. The van der Waals surface area contributed by atoms with Crippen molar-refractivity contribution in [1.82, 2.24) is 9.88 Å². The predicted octanol–water partition coefficient (Wildman–Crippen LogP) is 4.58. The number of oxazole rings is 1.